The Balaban J connectivity index is -0.000000587. The molecule has 19 nitrogen and oxygen atoms in total. The van der Waals surface area contributed by atoms with Gasteiger partial charge < -0.3 is 44.0 Å². The number of amides is 1. The van der Waals surface area contributed by atoms with Gasteiger partial charge in [0.1, 0.15) is 33.0 Å². The molecule has 1 aliphatic rings. The number of rotatable bonds is 21. The molecule has 55 heavy (non-hydrogen) atoms. The molecule has 0 aliphatic heterocycles. The van der Waals surface area contributed by atoms with Crippen LogP contribution in [0.5, 0.6) is 0 Å². The molecule has 1 fully saturated rings. The van der Waals surface area contributed by atoms with E-state index in [4.69, 9.17) is 48.8 Å². The van der Waals surface area contributed by atoms with Gasteiger partial charge in [-0.15, -0.1) is 0 Å². The van der Waals surface area contributed by atoms with Crippen LogP contribution in [0.1, 0.15) is 45.4 Å². The number of ether oxygens (including phenoxy) is 7. The van der Waals surface area contributed by atoms with Crippen LogP contribution in [0.25, 0.3) is 0 Å². The van der Waals surface area contributed by atoms with Crippen molar-refractivity contribution >= 4 is 48.1 Å². The number of hydrogen-bond acceptors (Lipinski definition) is 18. The molecule has 19 heteroatoms. The van der Waals surface area contributed by atoms with E-state index in [1.807, 2.05) is 0 Å². The minimum Gasteiger partial charge on any atom is -0.462 e. The first kappa shape index (κ1) is 55.8. The maximum absolute atomic E-state index is 11.7. The van der Waals surface area contributed by atoms with Gasteiger partial charge in [-0.05, 0) is 6.92 Å². The largest absolute Gasteiger partial charge is 0.462 e. The van der Waals surface area contributed by atoms with E-state index in [9.17, 15) is 33.9 Å². The molecule has 0 aromatic carbocycles. The lowest BCUT2D eigenvalue weighted by atomic mass is 9.90. The average molecular weight is 784 g/mol. The maximum atomic E-state index is 11.7. The first-order valence-electron chi connectivity index (χ1n) is 16.3. The molecule has 0 heterocycles. The van der Waals surface area contributed by atoms with Crippen molar-refractivity contribution in [2.75, 3.05) is 59.5 Å². The van der Waals surface area contributed by atoms with Crippen LogP contribution in [0.3, 0.4) is 0 Å². The molecular formula is C36H53N3O16. The van der Waals surface area contributed by atoms with Crippen LogP contribution in [0.4, 0.5) is 4.79 Å². The minimum atomic E-state index is -1.44. The molecule has 1 rings (SSSR count). The highest BCUT2D eigenvalue weighted by molar-refractivity contribution is 5.82. The van der Waals surface area contributed by atoms with Gasteiger partial charge in [-0.2, -0.15) is 0 Å². The van der Waals surface area contributed by atoms with E-state index in [0.717, 1.165) is 42.5 Å². The molecule has 0 saturated heterocycles. The SMILES string of the molecule is C1CCCCC1.C=CC(=O)OCC(CO)(COCC(COC(=O)C=C)(COC(=O)C=C)COC(=O)C=C)COC(=O)C=C.CCOC(N)=O.N=C=O.N=C=O. The van der Waals surface area contributed by atoms with E-state index >= 15 is 0 Å². The molecule has 0 unspecified atom stereocenters. The lowest BCUT2D eigenvalue weighted by Gasteiger charge is -2.34. The monoisotopic (exact) mass is 783 g/mol. The molecule has 1 amide bonds. The molecule has 308 valence electrons. The molecule has 1 aliphatic carbocycles. The summed E-state index contributed by atoms with van der Waals surface area (Å²) in [6.45, 7) is 14.9. The van der Waals surface area contributed by atoms with Gasteiger partial charge >= 0.3 is 35.9 Å². The second-order valence-corrected chi connectivity index (χ2v) is 10.8. The predicted octanol–water partition coefficient (Wildman–Crippen LogP) is 2.86. The number of aliphatic hydroxyl groups is 1. The second kappa shape index (κ2) is 37.7. The lowest BCUT2D eigenvalue weighted by Crippen LogP contribution is -2.46. The van der Waals surface area contributed by atoms with Crippen molar-refractivity contribution in [2.24, 2.45) is 16.6 Å². The first-order chi connectivity index (χ1) is 26.1. The number of carbonyl (C=O) groups excluding carboxylic acids is 8. The summed E-state index contributed by atoms with van der Waals surface area (Å²) in [6.07, 6.45) is 14.3. The number of carbonyl (C=O) groups is 6. The Kier molecular flexibility index (Phi) is 38.3. The normalized spacial score (nSPS) is 10.9. The highest BCUT2D eigenvalue weighted by Crippen LogP contribution is 2.25. The van der Waals surface area contributed by atoms with Crippen molar-refractivity contribution in [3.63, 3.8) is 0 Å². The zero-order valence-electron chi connectivity index (χ0n) is 31.2. The van der Waals surface area contributed by atoms with Crippen molar-refractivity contribution in [3.8, 4) is 0 Å². The number of nitrogens with two attached hydrogens (primary N) is 1. The van der Waals surface area contributed by atoms with Crippen molar-refractivity contribution in [3.05, 3.63) is 63.3 Å². The van der Waals surface area contributed by atoms with Gasteiger partial charge in [0.05, 0.1) is 37.3 Å². The van der Waals surface area contributed by atoms with E-state index in [-0.39, 0.29) is 13.2 Å². The zero-order chi connectivity index (χ0) is 43.0. The topological polar surface area (TPSA) is 295 Å². The summed E-state index contributed by atoms with van der Waals surface area (Å²) in [4.78, 5) is 84.6. The van der Waals surface area contributed by atoms with E-state index in [0.29, 0.717) is 6.61 Å². The van der Waals surface area contributed by atoms with Crippen molar-refractivity contribution in [1.29, 1.82) is 10.8 Å². The summed E-state index contributed by atoms with van der Waals surface area (Å²) >= 11 is 0. The van der Waals surface area contributed by atoms with Gasteiger partial charge in [0, 0.05) is 30.4 Å². The summed E-state index contributed by atoms with van der Waals surface area (Å²) in [7, 11) is 0. The smallest absolute Gasteiger partial charge is 0.404 e. The molecule has 0 aromatic rings. The number of esters is 5. The number of primary amides is 1. The van der Waals surface area contributed by atoms with E-state index in [1.165, 1.54) is 38.5 Å². The number of hydrogen-bond donors (Lipinski definition) is 4. The third kappa shape index (κ3) is 34.8. The van der Waals surface area contributed by atoms with Crippen LogP contribution >= 0.6 is 0 Å². The molecule has 0 bridgehead atoms. The van der Waals surface area contributed by atoms with Gasteiger partial charge in [-0.25, -0.2) is 49.2 Å². The molecule has 0 aromatic heterocycles. The molecule has 1 saturated carbocycles. The van der Waals surface area contributed by atoms with Crippen LogP contribution in [-0.4, -0.2) is 113 Å². The Hall–Kier alpha value is -6.00. The first-order valence-corrected chi connectivity index (χ1v) is 16.3. The summed E-state index contributed by atoms with van der Waals surface area (Å²) in [5, 5.41) is 20.9. The quantitative estimate of drug-likeness (QED) is 0.0428. The fourth-order valence-electron chi connectivity index (χ4n) is 3.61. The van der Waals surface area contributed by atoms with Crippen molar-refractivity contribution < 1.29 is 76.6 Å². The van der Waals surface area contributed by atoms with Crippen LogP contribution < -0.4 is 5.73 Å². The molecule has 5 N–H and O–H groups in total. The van der Waals surface area contributed by atoms with Crippen LogP contribution in [0, 0.1) is 21.6 Å². The highest BCUT2D eigenvalue weighted by Gasteiger charge is 2.39. The van der Waals surface area contributed by atoms with Gasteiger partial charge in [-0.1, -0.05) is 71.4 Å². The Morgan fingerprint density at radius 2 is 0.800 bits per heavy atom. The number of isocyanates is 2. The maximum Gasteiger partial charge on any atom is 0.404 e. The third-order valence-electron chi connectivity index (χ3n) is 6.37. The highest BCUT2D eigenvalue weighted by atomic mass is 16.6. The van der Waals surface area contributed by atoms with E-state index in [1.54, 1.807) is 6.92 Å². The Bertz CT molecular complexity index is 1170. The van der Waals surface area contributed by atoms with E-state index in [2.05, 4.69) is 43.4 Å². The van der Waals surface area contributed by atoms with Crippen LogP contribution in [-0.2, 0) is 66.7 Å². The Morgan fingerprint density at radius 1 is 0.564 bits per heavy atom. The Labute approximate surface area is 320 Å². The second-order valence-electron chi connectivity index (χ2n) is 10.8. The predicted molar refractivity (Wildman–Crippen MR) is 194 cm³/mol. The van der Waals surface area contributed by atoms with Crippen molar-refractivity contribution in [2.45, 2.75) is 45.4 Å². The van der Waals surface area contributed by atoms with Gasteiger partial charge in [0.15, 0.2) is 0 Å². The summed E-state index contributed by atoms with van der Waals surface area (Å²) < 4.78 is 35.3. The average Bonchev–Trinajstić information content (AvgIpc) is 3.19. The molecule has 0 radical (unpaired) electrons. The van der Waals surface area contributed by atoms with Crippen molar-refractivity contribution in [1.82, 2.24) is 0 Å². The Morgan fingerprint density at radius 3 is 0.982 bits per heavy atom. The van der Waals surface area contributed by atoms with Crippen LogP contribution in [0.2, 0.25) is 0 Å². The molecular weight excluding hydrogens is 730 g/mol. The molecule has 0 spiro atoms. The fraction of sp³-hybridized carbons (Fsp3) is 0.500. The lowest BCUT2D eigenvalue weighted by molar-refractivity contribution is -0.166. The third-order valence-corrected chi connectivity index (χ3v) is 6.37. The minimum absolute atomic E-state index is 0.356. The number of nitrogens with one attached hydrogen (secondary N) is 2. The molecule has 0 atom stereocenters. The standard InChI is InChI=1S/C25H32O12.C6H12.C3H7NO2.2CHNO/c1-6-19(27)33-14-24(11-26,15-34-20(28)7-2)12-32-13-25(16-35-21(29)8-3,17-36-22(30)9-4)18-37-23(31)10-5;1-2-4-6-5-3-1;1-2-6-3(4)5;2*2-1-3/h6-10,26H,1-5,11-18H2;1-6H2;2H2,1H3,(H2,4,5);2*2H. The zero-order valence-corrected chi connectivity index (χ0v) is 31.2. The van der Waals surface area contributed by atoms with Gasteiger partial charge in [0.2, 0.25) is 12.2 Å². The van der Waals surface area contributed by atoms with E-state index < -0.39 is 86.4 Å². The summed E-state index contributed by atoms with van der Waals surface area (Å²) in [5.74, 6) is -4.04. The van der Waals surface area contributed by atoms with Crippen LogP contribution in [0.15, 0.2) is 63.3 Å². The van der Waals surface area contributed by atoms with Gasteiger partial charge in [-0.3, -0.25) is 0 Å². The summed E-state index contributed by atoms with van der Waals surface area (Å²) in [5.41, 5.74) is 1.67. The van der Waals surface area contributed by atoms with Gasteiger partial charge in [0.25, 0.3) is 0 Å². The summed E-state index contributed by atoms with van der Waals surface area (Å²) in [6, 6.07) is 0. The fourth-order valence-corrected chi connectivity index (χ4v) is 3.61. The number of aliphatic hydroxyl groups excluding tert-OH is 1.